The maximum absolute atomic E-state index is 9.03. The van der Waals surface area contributed by atoms with Crippen molar-refractivity contribution in [3.8, 4) is 0 Å². The molecule has 50 valence electrons. The summed E-state index contributed by atoms with van der Waals surface area (Å²) in [6, 6.07) is 0. The molecule has 1 saturated heterocycles. The number of rotatable bonds is 1. The van der Waals surface area contributed by atoms with Gasteiger partial charge in [0.25, 0.3) is 0 Å². The molecule has 0 amide bonds. The molecule has 1 aliphatic rings. The Morgan fingerprint density at radius 1 is 1.50 bits per heavy atom. The summed E-state index contributed by atoms with van der Waals surface area (Å²) in [6.45, 7) is 3.32. The molecule has 1 N–H and O–H groups in total. The summed E-state index contributed by atoms with van der Waals surface area (Å²) in [5.41, 5.74) is 0. The van der Waals surface area contributed by atoms with Crippen molar-refractivity contribution in [3.63, 3.8) is 0 Å². The van der Waals surface area contributed by atoms with Gasteiger partial charge >= 0.3 is 52.2 Å². The average Bonchev–Trinajstić information content (AvgIpc) is 2.16. The maximum atomic E-state index is 9.03. The van der Waals surface area contributed by atoms with Crippen molar-refractivity contribution in [2.24, 2.45) is 0 Å². The van der Waals surface area contributed by atoms with E-state index in [0.29, 0.717) is 0 Å². The van der Waals surface area contributed by atoms with Gasteiger partial charge < -0.3 is 0 Å². The average molecular weight is 159 g/mol. The molecule has 1 aliphatic heterocycles. The SMILES string of the molecule is CC(C)(Cl)[PH]1(O)OO1. The molecule has 5 heteroatoms. The second-order valence-corrected chi connectivity index (χ2v) is 6.23. The Labute approximate surface area is 53.1 Å². The first kappa shape index (κ1) is 6.72. The summed E-state index contributed by atoms with van der Waals surface area (Å²) in [7, 11) is -2.84. The van der Waals surface area contributed by atoms with Crippen molar-refractivity contribution in [1.29, 1.82) is 0 Å². The molecule has 0 atom stereocenters. The zero-order chi connectivity index (χ0) is 6.41. The zero-order valence-corrected chi connectivity index (χ0v) is 6.40. The van der Waals surface area contributed by atoms with Gasteiger partial charge in [0, 0.05) is 0 Å². The Kier molecular flexibility index (Phi) is 1.30. The summed E-state index contributed by atoms with van der Waals surface area (Å²) in [4.78, 5) is 9.03. The van der Waals surface area contributed by atoms with Gasteiger partial charge in [0.2, 0.25) is 0 Å². The molecular weight excluding hydrogens is 150 g/mol. The Balaban J connectivity index is 2.58. The van der Waals surface area contributed by atoms with Crippen LogP contribution in [0.25, 0.3) is 0 Å². The molecule has 0 aromatic heterocycles. The van der Waals surface area contributed by atoms with E-state index in [0.717, 1.165) is 0 Å². The van der Waals surface area contributed by atoms with E-state index >= 15 is 0 Å². The summed E-state index contributed by atoms with van der Waals surface area (Å²) < 4.78 is 7.92. The molecule has 0 radical (unpaired) electrons. The molecular formula is C3H8ClO3P. The Morgan fingerprint density at radius 2 is 1.88 bits per heavy atom. The Morgan fingerprint density at radius 3 is 1.88 bits per heavy atom. The number of hydrogen-bond acceptors (Lipinski definition) is 3. The third-order valence-corrected chi connectivity index (χ3v) is 3.69. The second-order valence-electron chi connectivity index (χ2n) is 2.22. The van der Waals surface area contributed by atoms with Crippen LogP contribution in [0.15, 0.2) is 0 Å². The van der Waals surface area contributed by atoms with Crippen LogP contribution in [-0.2, 0) is 9.35 Å². The van der Waals surface area contributed by atoms with E-state index in [2.05, 4.69) is 9.35 Å². The van der Waals surface area contributed by atoms with Crippen LogP contribution in [0.5, 0.6) is 0 Å². The summed E-state index contributed by atoms with van der Waals surface area (Å²) in [6.07, 6.45) is 0. The molecule has 3 nitrogen and oxygen atoms in total. The van der Waals surface area contributed by atoms with Gasteiger partial charge in [-0.2, -0.15) is 0 Å². The van der Waals surface area contributed by atoms with Crippen LogP contribution in [0, 0.1) is 0 Å². The molecule has 1 fully saturated rings. The van der Waals surface area contributed by atoms with Gasteiger partial charge in [-0.05, 0) is 0 Å². The molecule has 1 rings (SSSR count). The predicted molar refractivity (Wildman–Crippen MR) is 32.6 cm³/mol. The van der Waals surface area contributed by atoms with Crippen molar-refractivity contribution in [3.05, 3.63) is 0 Å². The molecule has 0 bridgehead atoms. The van der Waals surface area contributed by atoms with Crippen molar-refractivity contribution in [2.45, 2.75) is 18.5 Å². The Hall–Kier alpha value is 0.600. The first-order chi connectivity index (χ1) is 3.46. The summed E-state index contributed by atoms with van der Waals surface area (Å²) in [5.74, 6) is 0. The van der Waals surface area contributed by atoms with E-state index in [1.165, 1.54) is 0 Å². The number of alkyl halides is 1. The van der Waals surface area contributed by atoms with Gasteiger partial charge in [-0.15, -0.1) is 0 Å². The Bertz CT molecular complexity index is 102. The first-order valence-electron chi connectivity index (χ1n) is 2.24. The third kappa shape index (κ3) is 0.971. The standard InChI is InChI=1S/C3H8ClO3P/c1-3(2,4)8(5)6-7-8/h5,8H,1-2H3. The molecule has 1 heterocycles. The van der Waals surface area contributed by atoms with Crippen LogP contribution >= 0.6 is 19.5 Å². The van der Waals surface area contributed by atoms with E-state index in [-0.39, 0.29) is 0 Å². The van der Waals surface area contributed by atoms with Gasteiger partial charge in [-0.3, -0.25) is 0 Å². The van der Waals surface area contributed by atoms with E-state index in [4.69, 9.17) is 16.5 Å². The first-order valence-corrected chi connectivity index (χ1v) is 4.38. The van der Waals surface area contributed by atoms with Crippen LogP contribution < -0.4 is 0 Å². The van der Waals surface area contributed by atoms with Crippen molar-refractivity contribution >= 4 is 19.5 Å². The van der Waals surface area contributed by atoms with Crippen LogP contribution in [0.2, 0.25) is 0 Å². The van der Waals surface area contributed by atoms with Gasteiger partial charge in [0.05, 0.1) is 0 Å². The fourth-order valence-electron chi connectivity index (χ4n) is 0.238. The summed E-state index contributed by atoms with van der Waals surface area (Å²) >= 11 is 5.63. The van der Waals surface area contributed by atoms with Crippen LogP contribution in [0.3, 0.4) is 0 Å². The van der Waals surface area contributed by atoms with Crippen molar-refractivity contribution < 1.29 is 14.2 Å². The predicted octanol–water partition coefficient (Wildman–Crippen LogP) is 1.41. The molecule has 0 aromatic rings. The molecule has 8 heavy (non-hydrogen) atoms. The van der Waals surface area contributed by atoms with Gasteiger partial charge in [-0.1, -0.05) is 0 Å². The molecule has 0 spiro atoms. The van der Waals surface area contributed by atoms with E-state index in [1.807, 2.05) is 0 Å². The van der Waals surface area contributed by atoms with Crippen LogP contribution in [-0.4, -0.2) is 9.51 Å². The second kappa shape index (κ2) is 1.55. The topological polar surface area (TPSA) is 45.3 Å². The van der Waals surface area contributed by atoms with Crippen molar-refractivity contribution in [1.82, 2.24) is 0 Å². The van der Waals surface area contributed by atoms with E-state index in [1.54, 1.807) is 13.8 Å². The molecule has 0 aliphatic carbocycles. The fourth-order valence-corrected chi connectivity index (χ4v) is 1.14. The van der Waals surface area contributed by atoms with Gasteiger partial charge in [-0.25, -0.2) is 0 Å². The summed E-state index contributed by atoms with van der Waals surface area (Å²) in [5, 5.41) is 0. The molecule has 0 saturated carbocycles. The monoisotopic (exact) mass is 158 g/mol. The third-order valence-electron chi connectivity index (χ3n) is 0.992. The van der Waals surface area contributed by atoms with E-state index in [9.17, 15) is 0 Å². The fraction of sp³-hybridized carbons (Fsp3) is 1.00. The molecule has 0 unspecified atom stereocenters. The van der Waals surface area contributed by atoms with Crippen LogP contribution in [0.1, 0.15) is 13.8 Å². The minimum atomic E-state index is -2.84. The van der Waals surface area contributed by atoms with E-state index < -0.39 is 12.6 Å². The normalized spacial score (nSPS) is 29.5. The van der Waals surface area contributed by atoms with Gasteiger partial charge in [0.1, 0.15) is 0 Å². The molecule has 0 aromatic carbocycles. The van der Waals surface area contributed by atoms with Crippen LogP contribution in [0.4, 0.5) is 0 Å². The zero-order valence-electron chi connectivity index (χ0n) is 4.64. The number of halogens is 1. The van der Waals surface area contributed by atoms with Crippen molar-refractivity contribution in [2.75, 3.05) is 0 Å². The van der Waals surface area contributed by atoms with Gasteiger partial charge in [0.15, 0.2) is 0 Å². The quantitative estimate of drug-likeness (QED) is 0.272. The minimum absolute atomic E-state index is 0.729. The number of hydrogen-bond donors (Lipinski definition) is 1.